The normalized spacial score (nSPS) is 25.1. The summed E-state index contributed by atoms with van der Waals surface area (Å²) in [6, 6.07) is 18.7. The van der Waals surface area contributed by atoms with E-state index in [2.05, 4.69) is 0 Å². The molecule has 0 saturated carbocycles. The molecule has 0 N–H and O–H groups in total. The number of nitrogens with zero attached hydrogens (tertiary/aromatic N) is 2. The highest BCUT2D eigenvalue weighted by Crippen LogP contribution is 2.62. The van der Waals surface area contributed by atoms with E-state index in [0.717, 1.165) is 9.34 Å². The predicted molar refractivity (Wildman–Crippen MR) is 119 cm³/mol. The van der Waals surface area contributed by atoms with E-state index in [9.17, 15) is 18.7 Å². The maximum absolute atomic E-state index is 13.9. The minimum atomic E-state index is -4.28. The van der Waals surface area contributed by atoms with E-state index in [1.165, 1.54) is 36.4 Å². The van der Waals surface area contributed by atoms with Crippen LogP contribution >= 0.6 is 15.5 Å². The molecule has 34 heavy (non-hydrogen) atoms. The molecule has 0 fully saturated rings. The van der Waals surface area contributed by atoms with Gasteiger partial charge >= 0.3 is 15.5 Å². The third-order valence-corrected chi connectivity index (χ3v) is 9.18. The van der Waals surface area contributed by atoms with Crippen molar-refractivity contribution < 1.29 is 36.8 Å². The van der Waals surface area contributed by atoms with Crippen LogP contribution in [0.15, 0.2) is 72.8 Å². The van der Waals surface area contributed by atoms with Crippen LogP contribution in [-0.2, 0) is 9.13 Å². The average Bonchev–Trinajstić information content (AvgIpc) is 2.81. The highest BCUT2D eigenvalue weighted by atomic mass is 31.2. The fourth-order valence-corrected chi connectivity index (χ4v) is 7.33. The Hall–Kier alpha value is -3.74. The number of carbonyl (C=O) groups is 2. The molecular weight excluding hydrogens is 482 g/mol. The largest absolute Gasteiger partial charge is 0.547 e. The van der Waals surface area contributed by atoms with Gasteiger partial charge < -0.3 is 18.1 Å². The van der Waals surface area contributed by atoms with Crippen LogP contribution in [0.3, 0.4) is 0 Å². The van der Waals surface area contributed by atoms with E-state index in [-0.39, 0.29) is 47.2 Å². The molecular formula is C22H16N2O8P2. The molecule has 3 aromatic rings. The van der Waals surface area contributed by atoms with E-state index in [0.29, 0.717) is 0 Å². The summed E-state index contributed by atoms with van der Waals surface area (Å²) >= 11 is 0. The van der Waals surface area contributed by atoms with Crippen molar-refractivity contribution in [2.75, 3.05) is 13.1 Å². The Morgan fingerprint density at radius 1 is 0.529 bits per heavy atom. The summed E-state index contributed by atoms with van der Waals surface area (Å²) in [6.45, 7) is -0.617. The molecule has 172 valence electrons. The maximum atomic E-state index is 13.9. The highest BCUT2D eigenvalue weighted by molar-refractivity contribution is 7.53. The summed E-state index contributed by atoms with van der Waals surface area (Å²) in [6.07, 6.45) is 0. The van der Waals surface area contributed by atoms with Crippen LogP contribution in [0.5, 0.6) is 23.0 Å². The minimum Gasteiger partial charge on any atom is -0.399 e. The van der Waals surface area contributed by atoms with E-state index in [1.807, 2.05) is 0 Å². The van der Waals surface area contributed by atoms with Gasteiger partial charge in [0, 0.05) is 0 Å². The first-order chi connectivity index (χ1) is 16.4. The van der Waals surface area contributed by atoms with Crippen LogP contribution in [0.25, 0.3) is 0 Å². The number of fused-ring (bicyclic) bond motifs is 5. The fourth-order valence-electron chi connectivity index (χ4n) is 3.92. The lowest BCUT2D eigenvalue weighted by Crippen LogP contribution is -2.44. The number of hydrogen-bond donors (Lipinski definition) is 0. The van der Waals surface area contributed by atoms with Crippen molar-refractivity contribution in [3.63, 3.8) is 0 Å². The Morgan fingerprint density at radius 2 is 0.853 bits per heavy atom. The van der Waals surface area contributed by atoms with Crippen LogP contribution < -0.4 is 18.1 Å². The molecule has 10 nitrogen and oxygen atoms in total. The first kappa shape index (κ1) is 20.8. The number of para-hydroxylation sites is 4. The van der Waals surface area contributed by atoms with Gasteiger partial charge in [0.2, 0.25) is 0 Å². The number of benzene rings is 3. The molecule has 0 bridgehead atoms. The molecule has 2 unspecified atom stereocenters. The Balaban J connectivity index is 1.51. The molecule has 3 aromatic carbocycles. The van der Waals surface area contributed by atoms with Gasteiger partial charge in [0.25, 0.3) is 11.8 Å². The van der Waals surface area contributed by atoms with Crippen LogP contribution in [0, 0.1) is 0 Å². The third-order valence-electron chi connectivity index (χ3n) is 5.52. The molecule has 6 rings (SSSR count). The Kier molecular flexibility index (Phi) is 4.52. The molecule has 3 aliphatic rings. The molecule has 12 heteroatoms. The van der Waals surface area contributed by atoms with E-state index in [1.54, 1.807) is 36.4 Å². The van der Waals surface area contributed by atoms with Gasteiger partial charge in [-0.3, -0.25) is 9.59 Å². The van der Waals surface area contributed by atoms with Crippen molar-refractivity contribution in [3.8, 4) is 23.0 Å². The molecule has 3 aliphatic heterocycles. The zero-order chi connectivity index (χ0) is 23.5. The first-order valence-electron chi connectivity index (χ1n) is 10.3. The maximum Gasteiger partial charge on any atom is 0.547 e. The molecule has 0 spiro atoms. The number of rotatable bonds is 0. The summed E-state index contributed by atoms with van der Waals surface area (Å²) < 4.78 is 52.6. The molecule has 3 heterocycles. The van der Waals surface area contributed by atoms with Gasteiger partial charge in [0.1, 0.15) is 11.5 Å². The Bertz CT molecular complexity index is 1350. The van der Waals surface area contributed by atoms with Crippen molar-refractivity contribution in [2.45, 2.75) is 0 Å². The number of carbonyl (C=O) groups excluding carboxylic acids is 2. The van der Waals surface area contributed by atoms with Gasteiger partial charge in [0.05, 0.1) is 24.2 Å². The SMILES string of the molecule is O=C1c2ccccc2OP2(=O)Oc3ccccc3OP3(=O)Oc4ccccc4C(=O)N3CCN12. The summed E-state index contributed by atoms with van der Waals surface area (Å²) in [5.41, 5.74) is 0.378. The zero-order valence-electron chi connectivity index (χ0n) is 17.4. The molecule has 0 aromatic heterocycles. The number of amides is 2. The second kappa shape index (κ2) is 7.38. The lowest BCUT2D eigenvalue weighted by atomic mass is 10.2. The molecule has 2 amide bonds. The van der Waals surface area contributed by atoms with Crippen molar-refractivity contribution in [1.29, 1.82) is 0 Å². The number of hydrogen-bond acceptors (Lipinski definition) is 8. The van der Waals surface area contributed by atoms with E-state index in [4.69, 9.17) is 18.1 Å². The second-order valence-electron chi connectivity index (χ2n) is 7.60. The van der Waals surface area contributed by atoms with E-state index < -0.39 is 27.3 Å². The zero-order valence-corrected chi connectivity index (χ0v) is 19.2. The minimum absolute atomic E-state index is 0.0880. The molecule has 2 atom stereocenters. The lowest BCUT2D eigenvalue weighted by Gasteiger charge is -2.39. The van der Waals surface area contributed by atoms with Crippen LogP contribution in [-0.4, -0.2) is 34.2 Å². The summed E-state index contributed by atoms with van der Waals surface area (Å²) in [5.74, 6) is -1.17. The van der Waals surface area contributed by atoms with Crippen molar-refractivity contribution in [1.82, 2.24) is 9.34 Å². The smallest absolute Gasteiger partial charge is 0.399 e. The van der Waals surface area contributed by atoms with Gasteiger partial charge in [-0.05, 0) is 36.4 Å². The Labute approximate surface area is 193 Å². The van der Waals surface area contributed by atoms with Gasteiger partial charge in [-0.15, -0.1) is 0 Å². The predicted octanol–water partition coefficient (Wildman–Crippen LogP) is 4.74. The summed E-state index contributed by atoms with van der Waals surface area (Å²) in [4.78, 5) is 26.6. The van der Waals surface area contributed by atoms with Crippen molar-refractivity contribution >= 4 is 27.3 Å². The standard InChI is InChI=1S/C22H16N2O8P2/c25-21-15-7-1-3-9-17(15)29-33(27)23(21)13-14-24-22(26)16-8-2-4-10-18(16)30-34(24,28)32-20-12-6-5-11-19(20)31-33/h1-12H,13-14H2. The van der Waals surface area contributed by atoms with E-state index >= 15 is 0 Å². The van der Waals surface area contributed by atoms with Gasteiger partial charge in [0.15, 0.2) is 11.5 Å². The van der Waals surface area contributed by atoms with Crippen molar-refractivity contribution in [3.05, 3.63) is 83.9 Å². The monoisotopic (exact) mass is 498 g/mol. The van der Waals surface area contributed by atoms with Crippen LogP contribution in [0.1, 0.15) is 20.7 Å². The van der Waals surface area contributed by atoms with Gasteiger partial charge in [-0.25, -0.2) is 18.5 Å². The highest BCUT2D eigenvalue weighted by Gasteiger charge is 2.52. The van der Waals surface area contributed by atoms with Crippen molar-refractivity contribution in [2.24, 2.45) is 0 Å². The van der Waals surface area contributed by atoms with Gasteiger partial charge in [-0.1, -0.05) is 36.4 Å². The molecule has 0 aliphatic carbocycles. The first-order valence-corrected chi connectivity index (χ1v) is 13.3. The van der Waals surface area contributed by atoms with Gasteiger partial charge in [-0.2, -0.15) is 0 Å². The summed E-state index contributed by atoms with van der Waals surface area (Å²) in [5, 5.41) is 0. The molecule has 0 radical (unpaired) electrons. The second-order valence-corrected chi connectivity index (χ2v) is 11.2. The fraction of sp³-hybridized carbons (Fsp3) is 0.0909. The topological polar surface area (TPSA) is 112 Å². The van der Waals surface area contributed by atoms with Crippen LogP contribution in [0.4, 0.5) is 0 Å². The third kappa shape index (κ3) is 3.10. The molecule has 0 saturated heterocycles. The Morgan fingerprint density at radius 3 is 1.26 bits per heavy atom. The van der Waals surface area contributed by atoms with Crippen LogP contribution in [0.2, 0.25) is 0 Å². The lowest BCUT2D eigenvalue weighted by molar-refractivity contribution is 0.0738. The summed E-state index contributed by atoms with van der Waals surface area (Å²) in [7, 11) is -8.55. The quantitative estimate of drug-likeness (QED) is 0.409. The average molecular weight is 498 g/mol.